The number of methoxy groups -OCH3 is 1. The third-order valence-corrected chi connectivity index (χ3v) is 3.33. The lowest BCUT2D eigenvalue weighted by molar-refractivity contribution is 0.374. The first-order valence-corrected chi connectivity index (χ1v) is 5.63. The maximum Gasteiger partial charge on any atom is 0.321 e. The van der Waals surface area contributed by atoms with E-state index in [0.717, 1.165) is 0 Å². The second kappa shape index (κ2) is 5.16. The van der Waals surface area contributed by atoms with Crippen molar-refractivity contribution in [2.45, 2.75) is 31.2 Å². The first-order chi connectivity index (χ1) is 7.02. The second-order valence-electron chi connectivity index (χ2n) is 3.53. The van der Waals surface area contributed by atoms with E-state index in [9.17, 15) is 0 Å². The smallest absolute Gasteiger partial charge is 0.321 e. The predicted octanol–water partition coefficient (Wildman–Crippen LogP) is 1.60. The zero-order chi connectivity index (χ0) is 11.4. The number of ether oxygens (including phenoxy) is 1. The molecular weight excluding hydrogens is 212 g/mol. The van der Waals surface area contributed by atoms with Gasteiger partial charge in [0, 0.05) is 5.25 Å². The summed E-state index contributed by atoms with van der Waals surface area (Å²) >= 11 is 1.57. The number of aromatic nitrogens is 3. The summed E-state index contributed by atoms with van der Waals surface area (Å²) in [5.74, 6) is 0.749. The summed E-state index contributed by atoms with van der Waals surface area (Å²) < 4.78 is 4.92. The number of anilines is 1. The van der Waals surface area contributed by atoms with Crippen LogP contribution in [0.15, 0.2) is 5.16 Å². The van der Waals surface area contributed by atoms with Crippen molar-refractivity contribution in [1.29, 1.82) is 0 Å². The molecule has 0 aliphatic heterocycles. The Morgan fingerprint density at radius 1 is 1.20 bits per heavy atom. The van der Waals surface area contributed by atoms with Gasteiger partial charge in [-0.15, -0.1) is 0 Å². The molecule has 6 heteroatoms. The lowest BCUT2D eigenvalue weighted by Crippen LogP contribution is -2.08. The minimum absolute atomic E-state index is 0.195. The molecule has 0 radical (unpaired) electrons. The first kappa shape index (κ1) is 12.0. The van der Waals surface area contributed by atoms with Crippen molar-refractivity contribution in [3.05, 3.63) is 0 Å². The Morgan fingerprint density at radius 3 is 2.40 bits per heavy atom. The molecule has 0 fully saturated rings. The summed E-state index contributed by atoms with van der Waals surface area (Å²) in [6.07, 6.45) is 0. The van der Waals surface area contributed by atoms with Crippen molar-refractivity contribution in [3.8, 4) is 6.01 Å². The zero-order valence-electron chi connectivity index (χ0n) is 9.39. The van der Waals surface area contributed by atoms with Gasteiger partial charge in [-0.05, 0) is 5.92 Å². The van der Waals surface area contributed by atoms with E-state index in [1.165, 1.54) is 7.11 Å². The number of nitrogens with zero attached hydrogens (tertiary/aromatic N) is 3. The molecule has 1 atom stereocenters. The number of thioether (sulfide) groups is 1. The van der Waals surface area contributed by atoms with Gasteiger partial charge < -0.3 is 10.5 Å². The molecular formula is C9H16N4OS. The van der Waals surface area contributed by atoms with E-state index in [1.807, 2.05) is 0 Å². The van der Waals surface area contributed by atoms with Crippen LogP contribution in [0.5, 0.6) is 6.01 Å². The standard InChI is InChI=1S/C9H16N4OS/c1-5(2)6(3)15-9-12-7(10)11-8(13-9)14-4/h5-6H,1-4H3,(H2,10,11,12,13). The van der Waals surface area contributed by atoms with Crippen molar-refractivity contribution in [2.24, 2.45) is 5.92 Å². The van der Waals surface area contributed by atoms with Gasteiger partial charge >= 0.3 is 6.01 Å². The first-order valence-electron chi connectivity index (χ1n) is 4.75. The van der Waals surface area contributed by atoms with Crippen LogP contribution in [0.4, 0.5) is 5.95 Å². The molecule has 1 unspecified atom stereocenters. The van der Waals surface area contributed by atoms with Crippen LogP contribution in [0.1, 0.15) is 20.8 Å². The van der Waals surface area contributed by atoms with Gasteiger partial charge in [0.05, 0.1) is 7.11 Å². The van der Waals surface area contributed by atoms with Crippen LogP contribution in [-0.2, 0) is 0 Å². The normalized spacial score (nSPS) is 12.9. The summed E-state index contributed by atoms with van der Waals surface area (Å²) in [5, 5.41) is 1.04. The van der Waals surface area contributed by atoms with E-state index >= 15 is 0 Å². The molecule has 0 saturated heterocycles. The van der Waals surface area contributed by atoms with Crippen LogP contribution in [0, 0.1) is 5.92 Å². The van der Waals surface area contributed by atoms with Gasteiger partial charge in [0.15, 0.2) is 5.16 Å². The van der Waals surface area contributed by atoms with Crippen molar-refractivity contribution in [2.75, 3.05) is 12.8 Å². The molecule has 0 amide bonds. The molecule has 1 heterocycles. The van der Waals surface area contributed by atoms with Gasteiger partial charge in [0.25, 0.3) is 0 Å². The van der Waals surface area contributed by atoms with Crippen LogP contribution in [0.25, 0.3) is 0 Å². The second-order valence-corrected chi connectivity index (χ2v) is 4.87. The monoisotopic (exact) mass is 228 g/mol. The molecule has 1 rings (SSSR count). The highest BCUT2D eigenvalue weighted by atomic mass is 32.2. The number of hydrogen-bond donors (Lipinski definition) is 1. The Labute approximate surface area is 93.9 Å². The Kier molecular flexibility index (Phi) is 4.14. The minimum Gasteiger partial charge on any atom is -0.467 e. The topological polar surface area (TPSA) is 73.9 Å². The van der Waals surface area contributed by atoms with Crippen LogP contribution < -0.4 is 10.5 Å². The number of nitrogens with two attached hydrogens (primary N) is 1. The highest BCUT2D eigenvalue weighted by Gasteiger charge is 2.12. The van der Waals surface area contributed by atoms with Crippen LogP contribution >= 0.6 is 11.8 Å². The third kappa shape index (κ3) is 3.54. The van der Waals surface area contributed by atoms with Gasteiger partial charge in [-0.25, -0.2) is 0 Å². The average Bonchev–Trinajstić information content (AvgIpc) is 2.16. The summed E-state index contributed by atoms with van der Waals surface area (Å²) in [6, 6.07) is 0.265. The van der Waals surface area contributed by atoms with E-state index in [2.05, 4.69) is 35.7 Å². The van der Waals surface area contributed by atoms with Crippen LogP contribution in [0.3, 0.4) is 0 Å². The van der Waals surface area contributed by atoms with Gasteiger partial charge in [0.1, 0.15) is 0 Å². The van der Waals surface area contributed by atoms with Crippen molar-refractivity contribution in [3.63, 3.8) is 0 Å². The third-order valence-electron chi connectivity index (χ3n) is 2.02. The van der Waals surface area contributed by atoms with E-state index in [-0.39, 0.29) is 12.0 Å². The molecule has 84 valence electrons. The maximum atomic E-state index is 5.53. The molecule has 0 aliphatic carbocycles. The number of nitrogen functional groups attached to an aromatic ring is 1. The van der Waals surface area contributed by atoms with Gasteiger partial charge in [0.2, 0.25) is 5.95 Å². The van der Waals surface area contributed by atoms with E-state index in [4.69, 9.17) is 10.5 Å². The van der Waals surface area contributed by atoms with Crippen LogP contribution in [-0.4, -0.2) is 27.3 Å². The lowest BCUT2D eigenvalue weighted by atomic mass is 10.2. The Hall–Kier alpha value is -1.04. The summed E-state index contributed by atoms with van der Waals surface area (Å²) in [7, 11) is 1.51. The van der Waals surface area contributed by atoms with Crippen molar-refractivity contribution in [1.82, 2.24) is 15.0 Å². The molecule has 0 saturated carbocycles. The zero-order valence-corrected chi connectivity index (χ0v) is 10.2. The van der Waals surface area contributed by atoms with Crippen molar-refractivity contribution < 1.29 is 4.74 Å². The summed E-state index contributed by atoms with van der Waals surface area (Å²) in [5.41, 5.74) is 5.53. The molecule has 0 bridgehead atoms. The maximum absolute atomic E-state index is 5.53. The largest absolute Gasteiger partial charge is 0.467 e. The molecule has 5 nitrogen and oxygen atoms in total. The van der Waals surface area contributed by atoms with Gasteiger partial charge in [-0.1, -0.05) is 32.5 Å². The summed E-state index contributed by atoms with van der Waals surface area (Å²) in [4.78, 5) is 12.0. The fraction of sp³-hybridized carbons (Fsp3) is 0.667. The quantitative estimate of drug-likeness (QED) is 0.789. The Balaban J connectivity index is 2.80. The lowest BCUT2D eigenvalue weighted by Gasteiger charge is -2.13. The average molecular weight is 228 g/mol. The Morgan fingerprint density at radius 2 is 1.87 bits per heavy atom. The Bertz CT molecular complexity index is 332. The highest BCUT2D eigenvalue weighted by Crippen LogP contribution is 2.25. The van der Waals surface area contributed by atoms with Gasteiger partial charge in [-0.2, -0.15) is 15.0 Å². The minimum atomic E-state index is 0.195. The summed E-state index contributed by atoms with van der Waals surface area (Å²) in [6.45, 7) is 6.43. The molecule has 1 aromatic rings. The van der Waals surface area contributed by atoms with E-state index in [1.54, 1.807) is 11.8 Å². The molecule has 0 spiro atoms. The number of rotatable bonds is 4. The van der Waals surface area contributed by atoms with Gasteiger partial charge in [-0.3, -0.25) is 0 Å². The fourth-order valence-corrected chi connectivity index (χ4v) is 1.68. The predicted molar refractivity (Wildman–Crippen MR) is 60.9 cm³/mol. The SMILES string of the molecule is COc1nc(N)nc(SC(C)C(C)C)n1. The molecule has 0 aliphatic rings. The van der Waals surface area contributed by atoms with E-state index < -0.39 is 0 Å². The highest BCUT2D eigenvalue weighted by molar-refractivity contribution is 7.99. The molecule has 0 aromatic carbocycles. The number of hydrogen-bond acceptors (Lipinski definition) is 6. The molecule has 15 heavy (non-hydrogen) atoms. The van der Waals surface area contributed by atoms with E-state index in [0.29, 0.717) is 16.3 Å². The molecule has 2 N–H and O–H groups in total. The fourth-order valence-electron chi connectivity index (χ4n) is 0.799. The van der Waals surface area contributed by atoms with Crippen molar-refractivity contribution >= 4 is 17.7 Å². The van der Waals surface area contributed by atoms with Crippen LogP contribution in [0.2, 0.25) is 0 Å². The molecule has 1 aromatic heterocycles.